The fourth-order valence-electron chi connectivity index (χ4n) is 1.22. The minimum Gasteiger partial charge on any atom is -0.385 e. The van der Waals surface area contributed by atoms with E-state index in [-0.39, 0.29) is 0 Å². The number of hydrogen-bond donors (Lipinski definition) is 1. The lowest BCUT2D eigenvalue weighted by Gasteiger charge is -2.06. The van der Waals surface area contributed by atoms with E-state index in [9.17, 15) is 0 Å². The van der Waals surface area contributed by atoms with Gasteiger partial charge in [0.05, 0.1) is 6.61 Å². The van der Waals surface area contributed by atoms with Crippen molar-refractivity contribution in [2.45, 2.75) is 12.8 Å². The molecule has 0 aliphatic carbocycles. The molecule has 1 atom stereocenters. The van der Waals surface area contributed by atoms with Gasteiger partial charge >= 0.3 is 0 Å². The molecule has 3 heteroatoms. The monoisotopic (exact) mass is 168 g/mol. The second-order valence-electron chi connectivity index (χ2n) is 3.17. The van der Waals surface area contributed by atoms with E-state index in [4.69, 9.17) is 10.5 Å². The van der Waals surface area contributed by atoms with Crippen LogP contribution in [0, 0.1) is 0 Å². The summed E-state index contributed by atoms with van der Waals surface area (Å²) in [5, 5.41) is 0. The number of ether oxygens (including phenoxy) is 1. The summed E-state index contributed by atoms with van der Waals surface area (Å²) in [6, 6.07) is 1.99. The Morgan fingerprint density at radius 3 is 2.75 bits per heavy atom. The van der Waals surface area contributed by atoms with Crippen LogP contribution in [0.5, 0.6) is 0 Å². The largest absolute Gasteiger partial charge is 0.385 e. The van der Waals surface area contributed by atoms with Crippen molar-refractivity contribution in [3.05, 3.63) is 17.8 Å². The molecule has 0 aliphatic rings. The molecule has 2 N–H and O–H groups in total. The summed E-state index contributed by atoms with van der Waals surface area (Å²) in [5.41, 5.74) is 6.93. The van der Waals surface area contributed by atoms with Gasteiger partial charge in [-0.1, -0.05) is 6.92 Å². The molecule has 68 valence electrons. The number of aryl methyl sites for hydroxylation is 1. The second kappa shape index (κ2) is 3.63. The van der Waals surface area contributed by atoms with Crippen LogP contribution >= 0.6 is 0 Å². The number of rotatable bonds is 3. The number of nitrogen functional groups attached to an aromatic ring is 1. The summed E-state index contributed by atoms with van der Waals surface area (Å²) in [6.07, 6.45) is 2.04. The zero-order valence-corrected chi connectivity index (χ0v) is 7.87. The highest BCUT2D eigenvalue weighted by Gasteiger charge is 2.07. The zero-order chi connectivity index (χ0) is 9.14. The molecule has 1 rings (SSSR count). The Hall–Kier alpha value is -0.960. The lowest BCUT2D eigenvalue weighted by molar-refractivity contribution is 0.184. The van der Waals surface area contributed by atoms with Gasteiger partial charge in [0, 0.05) is 26.3 Å². The van der Waals surface area contributed by atoms with Gasteiger partial charge in [0.2, 0.25) is 0 Å². The third-order valence-corrected chi connectivity index (χ3v) is 2.05. The van der Waals surface area contributed by atoms with Crippen molar-refractivity contribution in [1.29, 1.82) is 0 Å². The van der Waals surface area contributed by atoms with E-state index < -0.39 is 0 Å². The predicted octanol–water partition coefficient (Wildman–Crippen LogP) is 1.36. The smallest absolute Gasteiger partial charge is 0.103 e. The first-order valence-electron chi connectivity index (χ1n) is 4.05. The molecule has 0 fully saturated rings. The molecule has 0 spiro atoms. The van der Waals surface area contributed by atoms with Crippen LogP contribution in [0.1, 0.15) is 18.4 Å². The molecule has 1 unspecified atom stereocenters. The maximum atomic E-state index is 5.70. The van der Waals surface area contributed by atoms with Crippen LogP contribution < -0.4 is 5.73 Å². The Balaban J connectivity index is 2.74. The highest BCUT2D eigenvalue weighted by Crippen LogP contribution is 2.18. The fraction of sp³-hybridized carbons (Fsp3) is 0.556. The van der Waals surface area contributed by atoms with Crippen LogP contribution in [0.25, 0.3) is 0 Å². The van der Waals surface area contributed by atoms with Gasteiger partial charge in [0.1, 0.15) is 5.82 Å². The van der Waals surface area contributed by atoms with Crippen molar-refractivity contribution in [2.24, 2.45) is 7.05 Å². The Labute approximate surface area is 73.1 Å². The van der Waals surface area contributed by atoms with Gasteiger partial charge in [0.15, 0.2) is 0 Å². The molecule has 0 bridgehead atoms. The summed E-state index contributed by atoms with van der Waals surface area (Å²) in [6.45, 7) is 2.86. The molecule has 1 aromatic heterocycles. The first-order chi connectivity index (χ1) is 5.65. The number of hydrogen-bond acceptors (Lipinski definition) is 2. The average Bonchev–Trinajstić information content (AvgIpc) is 2.33. The normalized spacial score (nSPS) is 13.2. The Kier molecular flexibility index (Phi) is 2.76. The van der Waals surface area contributed by atoms with Gasteiger partial charge < -0.3 is 15.0 Å². The van der Waals surface area contributed by atoms with Crippen molar-refractivity contribution in [2.75, 3.05) is 19.5 Å². The highest BCUT2D eigenvalue weighted by molar-refractivity contribution is 5.37. The van der Waals surface area contributed by atoms with E-state index in [0.29, 0.717) is 5.92 Å². The lowest BCUT2D eigenvalue weighted by atomic mass is 10.1. The SMILES string of the molecule is COCC(C)c1cc(N)n(C)c1. The van der Waals surface area contributed by atoms with Crippen LogP contribution in [0.3, 0.4) is 0 Å². The van der Waals surface area contributed by atoms with Crippen molar-refractivity contribution in [3.63, 3.8) is 0 Å². The molecule has 3 nitrogen and oxygen atoms in total. The molecule has 0 saturated heterocycles. The number of methoxy groups -OCH3 is 1. The molecule has 0 aliphatic heterocycles. The van der Waals surface area contributed by atoms with Crippen LogP contribution in [0.2, 0.25) is 0 Å². The Bertz CT molecular complexity index is 236. The number of anilines is 1. The van der Waals surface area contributed by atoms with Gasteiger partial charge in [-0.05, 0) is 11.6 Å². The van der Waals surface area contributed by atoms with Crippen LogP contribution in [0.4, 0.5) is 5.82 Å². The zero-order valence-electron chi connectivity index (χ0n) is 7.87. The Morgan fingerprint density at radius 2 is 2.33 bits per heavy atom. The first kappa shape index (κ1) is 9.13. The fourth-order valence-corrected chi connectivity index (χ4v) is 1.22. The van der Waals surface area contributed by atoms with Gasteiger partial charge in [-0.3, -0.25) is 0 Å². The van der Waals surface area contributed by atoms with E-state index in [1.54, 1.807) is 7.11 Å². The third kappa shape index (κ3) is 1.80. The van der Waals surface area contributed by atoms with Crippen LogP contribution in [0.15, 0.2) is 12.3 Å². The molecular formula is C9H16N2O. The summed E-state index contributed by atoms with van der Waals surface area (Å²) in [5.74, 6) is 1.21. The van der Waals surface area contributed by atoms with E-state index in [1.165, 1.54) is 5.56 Å². The molecular weight excluding hydrogens is 152 g/mol. The molecule has 0 radical (unpaired) electrons. The minimum absolute atomic E-state index is 0.415. The topological polar surface area (TPSA) is 40.2 Å². The van der Waals surface area contributed by atoms with Crippen molar-refractivity contribution >= 4 is 5.82 Å². The lowest BCUT2D eigenvalue weighted by Crippen LogP contribution is -2.00. The Morgan fingerprint density at radius 1 is 1.67 bits per heavy atom. The molecule has 0 amide bonds. The van der Waals surface area contributed by atoms with E-state index in [0.717, 1.165) is 12.4 Å². The summed E-state index contributed by atoms with van der Waals surface area (Å²) in [4.78, 5) is 0. The van der Waals surface area contributed by atoms with E-state index in [2.05, 4.69) is 6.92 Å². The van der Waals surface area contributed by atoms with Gasteiger partial charge in [-0.25, -0.2) is 0 Å². The van der Waals surface area contributed by atoms with Crippen molar-refractivity contribution < 1.29 is 4.74 Å². The minimum atomic E-state index is 0.415. The number of nitrogens with zero attached hydrogens (tertiary/aromatic N) is 1. The molecule has 12 heavy (non-hydrogen) atoms. The van der Waals surface area contributed by atoms with E-state index in [1.807, 2.05) is 23.9 Å². The maximum absolute atomic E-state index is 5.70. The number of aromatic nitrogens is 1. The summed E-state index contributed by atoms with van der Waals surface area (Å²) < 4.78 is 6.98. The third-order valence-electron chi connectivity index (χ3n) is 2.05. The van der Waals surface area contributed by atoms with Crippen molar-refractivity contribution in [3.8, 4) is 0 Å². The van der Waals surface area contributed by atoms with Crippen molar-refractivity contribution in [1.82, 2.24) is 4.57 Å². The number of nitrogens with two attached hydrogens (primary N) is 1. The summed E-state index contributed by atoms with van der Waals surface area (Å²) in [7, 11) is 3.65. The van der Waals surface area contributed by atoms with Crippen LogP contribution in [-0.4, -0.2) is 18.3 Å². The second-order valence-corrected chi connectivity index (χ2v) is 3.17. The summed E-state index contributed by atoms with van der Waals surface area (Å²) >= 11 is 0. The first-order valence-corrected chi connectivity index (χ1v) is 4.05. The molecule has 1 aromatic rings. The molecule has 1 heterocycles. The quantitative estimate of drug-likeness (QED) is 0.740. The average molecular weight is 168 g/mol. The van der Waals surface area contributed by atoms with Gasteiger partial charge in [-0.2, -0.15) is 0 Å². The molecule has 0 saturated carbocycles. The maximum Gasteiger partial charge on any atom is 0.103 e. The van der Waals surface area contributed by atoms with E-state index >= 15 is 0 Å². The van der Waals surface area contributed by atoms with Gasteiger partial charge in [-0.15, -0.1) is 0 Å². The van der Waals surface area contributed by atoms with Gasteiger partial charge in [0.25, 0.3) is 0 Å². The van der Waals surface area contributed by atoms with Crippen LogP contribution in [-0.2, 0) is 11.8 Å². The highest BCUT2D eigenvalue weighted by atomic mass is 16.5. The predicted molar refractivity (Wildman–Crippen MR) is 50.1 cm³/mol. The standard InChI is InChI=1S/C9H16N2O/c1-7(6-12-3)8-4-9(10)11(2)5-8/h4-5,7H,6,10H2,1-3H3. The molecule has 0 aromatic carbocycles.